The van der Waals surface area contributed by atoms with E-state index in [4.69, 9.17) is 18.0 Å². The summed E-state index contributed by atoms with van der Waals surface area (Å²) < 4.78 is 65.7. The molecular formula is C26H27N2O7S3+. The van der Waals surface area contributed by atoms with Gasteiger partial charge < -0.3 is 9.64 Å². The fourth-order valence-corrected chi connectivity index (χ4v) is 6.57. The van der Waals surface area contributed by atoms with E-state index in [1.165, 1.54) is 0 Å². The number of aryl methyl sites for hydroxylation is 1. The average molecular weight is 576 g/mol. The van der Waals surface area contributed by atoms with Crippen molar-refractivity contribution in [3.8, 4) is 5.75 Å². The van der Waals surface area contributed by atoms with Crippen LogP contribution in [-0.4, -0.2) is 40.6 Å². The van der Waals surface area contributed by atoms with Crippen LogP contribution in [0, 0.1) is 0 Å². The topological polar surface area (TPSA) is 117 Å². The van der Waals surface area contributed by atoms with Crippen molar-refractivity contribution in [1.29, 1.82) is 0 Å². The number of hydrogen-bond donors (Lipinski definition) is 2. The summed E-state index contributed by atoms with van der Waals surface area (Å²) in [5, 5.41) is 3.16. The number of fused-ring (bicyclic) bond motifs is 4. The highest BCUT2D eigenvalue weighted by atomic mass is 32.2. The molecule has 38 heavy (non-hydrogen) atoms. The second-order valence-corrected chi connectivity index (χ2v) is 12.1. The Morgan fingerprint density at radius 2 is 1.84 bits per heavy atom. The molecular weight excluding hydrogens is 548 g/mol. The Morgan fingerprint density at radius 3 is 2.66 bits per heavy atom. The largest absolute Gasteiger partial charge is 0.438 e. The molecule has 5 rings (SSSR count). The van der Waals surface area contributed by atoms with Crippen LogP contribution in [-0.2, 0) is 32.2 Å². The van der Waals surface area contributed by atoms with Crippen LogP contribution in [0.1, 0.15) is 24.3 Å². The number of para-hydroxylation sites is 2. The standard InChI is InChI=1S/C26H26N2O7S3/c29-37(30)34-16-7-15-28-25(36-23-13-12-19-8-1-2-9-20(19)26(23)28)18-24-27(14-5-6-17-38(31,32)33)21-10-3-4-11-22(21)35-24/h1-4,8-13,18H,5-7,14-17H2,(H-,29,30,31,32,33)/p+1. The smallest absolute Gasteiger partial charge is 0.301 e. The van der Waals surface area contributed by atoms with Gasteiger partial charge in [0, 0.05) is 13.0 Å². The van der Waals surface area contributed by atoms with Crippen molar-refractivity contribution in [1.82, 2.24) is 0 Å². The molecule has 0 bridgehead atoms. The normalized spacial score (nSPS) is 15.3. The molecule has 1 aliphatic rings. The van der Waals surface area contributed by atoms with Gasteiger partial charge in [-0.05, 0) is 42.5 Å². The lowest BCUT2D eigenvalue weighted by atomic mass is 10.1. The average Bonchev–Trinajstić information content (AvgIpc) is 3.41. The van der Waals surface area contributed by atoms with Crippen LogP contribution in [0.2, 0.25) is 0 Å². The maximum absolute atomic E-state index is 11.2. The minimum Gasteiger partial charge on any atom is -0.438 e. The van der Waals surface area contributed by atoms with E-state index in [1.807, 2.05) is 47.4 Å². The van der Waals surface area contributed by atoms with Crippen LogP contribution in [0.4, 0.5) is 5.69 Å². The van der Waals surface area contributed by atoms with Crippen LogP contribution in [0.5, 0.6) is 5.75 Å². The molecule has 2 heterocycles. The zero-order valence-corrected chi connectivity index (χ0v) is 22.8. The fourth-order valence-electron chi connectivity index (χ4n) is 4.61. The summed E-state index contributed by atoms with van der Waals surface area (Å²) in [4.78, 5) is 2.02. The van der Waals surface area contributed by atoms with Gasteiger partial charge in [0.1, 0.15) is 4.70 Å². The quantitative estimate of drug-likeness (QED) is 0.114. The molecule has 2 N–H and O–H groups in total. The van der Waals surface area contributed by atoms with E-state index >= 15 is 0 Å². The van der Waals surface area contributed by atoms with Crippen LogP contribution in [0.15, 0.2) is 66.5 Å². The Bertz CT molecular complexity index is 1630. The van der Waals surface area contributed by atoms with E-state index in [0.29, 0.717) is 44.0 Å². The van der Waals surface area contributed by atoms with Crippen molar-refractivity contribution in [2.24, 2.45) is 0 Å². The van der Waals surface area contributed by atoms with Crippen LogP contribution in [0.25, 0.3) is 27.1 Å². The van der Waals surface area contributed by atoms with Gasteiger partial charge in [0.15, 0.2) is 12.3 Å². The first kappa shape index (κ1) is 26.7. The first-order valence-corrected chi connectivity index (χ1v) is 15.6. The van der Waals surface area contributed by atoms with Gasteiger partial charge in [0.25, 0.3) is 15.1 Å². The van der Waals surface area contributed by atoms with Gasteiger partial charge in [-0.1, -0.05) is 47.7 Å². The molecule has 0 amide bonds. The van der Waals surface area contributed by atoms with Crippen molar-refractivity contribution in [2.75, 3.05) is 23.8 Å². The zero-order valence-electron chi connectivity index (χ0n) is 20.4. The second kappa shape index (κ2) is 11.5. The molecule has 12 heteroatoms. The van der Waals surface area contributed by atoms with E-state index in [2.05, 4.69) is 28.8 Å². The first-order valence-electron chi connectivity index (χ1n) is 12.1. The SMILES string of the molecule is O=S(O)OCCC[n+]1c(C=C2Oc3ccccc3N2CCCCS(=O)(=O)O)sc2ccc3ccccc3c21. The predicted molar refractivity (Wildman–Crippen MR) is 149 cm³/mol. The first-order chi connectivity index (χ1) is 18.3. The molecule has 1 aromatic heterocycles. The van der Waals surface area contributed by atoms with Crippen molar-refractivity contribution in [3.63, 3.8) is 0 Å². The molecule has 0 saturated carbocycles. The molecule has 1 atom stereocenters. The molecule has 0 aliphatic carbocycles. The highest BCUT2D eigenvalue weighted by Gasteiger charge is 2.29. The van der Waals surface area contributed by atoms with Crippen LogP contribution >= 0.6 is 11.3 Å². The number of aromatic nitrogens is 1. The van der Waals surface area contributed by atoms with Gasteiger partial charge in [-0.15, -0.1) is 0 Å². The number of nitrogens with zero attached hydrogens (tertiary/aromatic N) is 2. The molecule has 0 fully saturated rings. The van der Waals surface area contributed by atoms with Crippen molar-refractivity contribution >= 4 is 65.6 Å². The maximum Gasteiger partial charge on any atom is 0.301 e. The molecule has 9 nitrogen and oxygen atoms in total. The number of ether oxygens (including phenoxy) is 1. The van der Waals surface area contributed by atoms with Crippen molar-refractivity contribution in [2.45, 2.75) is 25.8 Å². The van der Waals surface area contributed by atoms with E-state index in [0.717, 1.165) is 31.7 Å². The molecule has 200 valence electrons. The molecule has 4 aromatic rings. The van der Waals surface area contributed by atoms with Gasteiger partial charge in [-0.2, -0.15) is 17.2 Å². The number of unbranched alkanes of at least 4 members (excludes halogenated alkanes) is 1. The number of thiazole rings is 1. The van der Waals surface area contributed by atoms with Gasteiger partial charge in [0.05, 0.1) is 29.5 Å². The predicted octanol–water partition coefficient (Wildman–Crippen LogP) is 4.75. The third kappa shape index (κ3) is 6.06. The summed E-state index contributed by atoms with van der Waals surface area (Å²) in [5.74, 6) is 1.05. The van der Waals surface area contributed by atoms with Gasteiger partial charge in [-0.25, -0.2) is 0 Å². The molecule has 0 saturated heterocycles. The summed E-state index contributed by atoms with van der Waals surface area (Å²) in [5.41, 5.74) is 1.96. The third-order valence-corrected chi connectivity index (χ3v) is 8.51. The summed E-state index contributed by atoms with van der Waals surface area (Å²) in [7, 11) is -4.01. The molecule has 1 aliphatic heterocycles. The Balaban J connectivity index is 1.52. The minimum atomic E-state index is -4.01. The molecule has 0 spiro atoms. The summed E-state index contributed by atoms with van der Waals surface area (Å²) in [6, 6.07) is 20.0. The van der Waals surface area contributed by atoms with Crippen molar-refractivity contribution in [3.05, 3.63) is 71.6 Å². The molecule has 0 radical (unpaired) electrons. The zero-order chi connectivity index (χ0) is 26.7. The Hall–Kier alpha value is -2.87. The molecule has 1 unspecified atom stereocenters. The molecule has 3 aromatic carbocycles. The minimum absolute atomic E-state index is 0.135. The van der Waals surface area contributed by atoms with E-state index in [9.17, 15) is 12.6 Å². The summed E-state index contributed by atoms with van der Waals surface area (Å²) in [6.45, 7) is 1.21. The Morgan fingerprint density at radius 1 is 1.05 bits per heavy atom. The van der Waals surface area contributed by atoms with Gasteiger partial charge in [-0.3, -0.25) is 13.3 Å². The fraction of sp³-hybridized carbons (Fsp3) is 0.269. The summed E-state index contributed by atoms with van der Waals surface area (Å²) in [6.07, 6.45) is 3.38. The van der Waals surface area contributed by atoms with Gasteiger partial charge in [0.2, 0.25) is 11.4 Å². The van der Waals surface area contributed by atoms with Crippen LogP contribution < -0.4 is 14.2 Å². The number of rotatable bonds is 11. The highest BCUT2D eigenvalue weighted by Crippen LogP contribution is 2.40. The van der Waals surface area contributed by atoms with Crippen molar-refractivity contribution < 1.29 is 35.2 Å². The van der Waals surface area contributed by atoms with E-state index in [-0.39, 0.29) is 12.4 Å². The number of hydrogen-bond acceptors (Lipinski definition) is 7. The lowest BCUT2D eigenvalue weighted by Crippen LogP contribution is -2.36. The third-order valence-electron chi connectivity index (χ3n) is 6.24. The van der Waals surface area contributed by atoms with E-state index in [1.54, 1.807) is 11.3 Å². The van der Waals surface area contributed by atoms with E-state index < -0.39 is 21.5 Å². The Labute approximate surface area is 227 Å². The maximum atomic E-state index is 11.2. The highest BCUT2D eigenvalue weighted by molar-refractivity contribution is 7.85. The lowest BCUT2D eigenvalue weighted by molar-refractivity contribution is -0.668. The number of anilines is 1. The monoisotopic (exact) mass is 575 g/mol. The lowest BCUT2D eigenvalue weighted by Gasteiger charge is -2.17. The number of benzene rings is 3. The van der Waals surface area contributed by atoms with Crippen LogP contribution in [0.3, 0.4) is 0 Å². The Kier molecular flexibility index (Phi) is 8.07. The summed E-state index contributed by atoms with van der Waals surface area (Å²) >= 11 is -0.689. The van der Waals surface area contributed by atoms with Gasteiger partial charge >= 0.3 is 11.4 Å². The second-order valence-electron chi connectivity index (χ2n) is 8.82.